The average Bonchev–Trinajstić information content (AvgIpc) is 2.94. The van der Waals surface area contributed by atoms with Gasteiger partial charge in [-0.1, -0.05) is 35.9 Å². The Bertz CT molecular complexity index is 501. The molecule has 1 aromatic carbocycles. The Morgan fingerprint density at radius 2 is 1.89 bits per heavy atom. The highest BCUT2D eigenvalue weighted by Crippen LogP contribution is 2.30. The number of aliphatic hydroxyl groups excluding tert-OH is 2. The number of benzene rings is 1. The number of aryl methyl sites for hydroxylation is 2. The van der Waals surface area contributed by atoms with Crippen molar-refractivity contribution >= 4 is 11.3 Å². The van der Waals surface area contributed by atoms with Gasteiger partial charge < -0.3 is 10.2 Å². The predicted octanol–water partition coefficient (Wildman–Crippen LogP) is 2.91. The molecule has 0 aliphatic carbocycles. The number of hydrogen-bond acceptors (Lipinski definition) is 3. The van der Waals surface area contributed by atoms with E-state index in [1.807, 2.05) is 31.2 Å². The Kier molecular flexibility index (Phi) is 4.75. The summed E-state index contributed by atoms with van der Waals surface area (Å²) in [5.74, 6) is 0. The summed E-state index contributed by atoms with van der Waals surface area (Å²) in [7, 11) is 0. The maximum absolute atomic E-state index is 9.79. The van der Waals surface area contributed by atoms with Gasteiger partial charge in [0.15, 0.2) is 0 Å². The van der Waals surface area contributed by atoms with Crippen LogP contribution in [0.2, 0.25) is 0 Å². The normalized spacial score (nSPS) is 11.7. The molecule has 0 saturated heterocycles. The molecule has 2 nitrogen and oxygen atoms in total. The molecule has 0 aliphatic rings. The lowest BCUT2D eigenvalue weighted by Gasteiger charge is -2.30. The summed E-state index contributed by atoms with van der Waals surface area (Å²) in [6.45, 7) is 1.97. The monoisotopic (exact) mass is 276 g/mol. The van der Waals surface area contributed by atoms with Gasteiger partial charge in [0.05, 0.1) is 13.2 Å². The SMILES string of the molecule is Cc1cccc(C(CO)(CO)CCc2cccs2)c1. The molecular weight excluding hydrogens is 256 g/mol. The van der Waals surface area contributed by atoms with Crippen LogP contribution in [0.1, 0.15) is 22.4 Å². The van der Waals surface area contributed by atoms with Crippen molar-refractivity contribution in [1.29, 1.82) is 0 Å². The summed E-state index contributed by atoms with van der Waals surface area (Å²) in [6, 6.07) is 12.2. The van der Waals surface area contributed by atoms with Crippen LogP contribution in [-0.4, -0.2) is 23.4 Å². The zero-order valence-electron chi connectivity index (χ0n) is 11.2. The largest absolute Gasteiger partial charge is 0.395 e. The van der Waals surface area contributed by atoms with Crippen LogP contribution in [0.3, 0.4) is 0 Å². The van der Waals surface area contributed by atoms with Crippen molar-refractivity contribution in [3.8, 4) is 0 Å². The second-order valence-electron chi connectivity index (χ2n) is 5.05. The molecule has 1 heterocycles. The van der Waals surface area contributed by atoms with Gasteiger partial charge in [0.25, 0.3) is 0 Å². The van der Waals surface area contributed by atoms with Gasteiger partial charge >= 0.3 is 0 Å². The molecular formula is C16H20O2S. The van der Waals surface area contributed by atoms with Crippen LogP contribution in [0.5, 0.6) is 0 Å². The molecule has 0 spiro atoms. The van der Waals surface area contributed by atoms with Crippen molar-refractivity contribution in [3.63, 3.8) is 0 Å². The van der Waals surface area contributed by atoms with Gasteiger partial charge in [-0.2, -0.15) is 0 Å². The van der Waals surface area contributed by atoms with Gasteiger partial charge in [0, 0.05) is 10.3 Å². The standard InChI is InChI=1S/C16H20O2S/c1-13-4-2-5-14(10-13)16(11-17,12-18)8-7-15-6-3-9-19-15/h2-6,9-10,17-18H,7-8,11-12H2,1H3. The number of rotatable bonds is 6. The molecule has 1 aromatic heterocycles. The number of aliphatic hydroxyl groups is 2. The maximum Gasteiger partial charge on any atom is 0.0550 e. The highest BCUT2D eigenvalue weighted by molar-refractivity contribution is 7.09. The van der Waals surface area contributed by atoms with Crippen LogP contribution < -0.4 is 0 Å². The van der Waals surface area contributed by atoms with Crippen molar-refractivity contribution < 1.29 is 10.2 Å². The van der Waals surface area contributed by atoms with Crippen LogP contribution in [-0.2, 0) is 11.8 Å². The van der Waals surface area contributed by atoms with Crippen molar-refractivity contribution in [2.45, 2.75) is 25.2 Å². The highest BCUT2D eigenvalue weighted by Gasteiger charge is 2.30. The van der Waals surface area contributed by atoms with Crippen LogP contribution in [0.25, 0.3) is 0 Å². The Morgan fingerprint density at radius 3 is 2.47 bits per heavy atom. The smallest absolute Gasteiger partial charge is 0.0550 e. The molecule has 0 amide bonds. The van der Waals surface area contributed by atoms with E-state index in [0.29, 0.717) is 0 Å². The fourth-order valence-corrected chi connectivity index (χ4v) is 3.04. The fraction of sp³-hybridized carbons (Fsp3) is 0.375. The minimum absolute atomic E-state index is 0.0294. The quantitative estimate of drug-likeness (QED) is 0.851. The van der Waals surface area contributed by atoms with E-state index in [2.05, 4.69) is 17.5 Å². The Morgan fingerprint density at radius 1 is 1.11 bits per heavy atom. The third-order valence-corrected chi connectivity index (χ3v) is 4.60. The van der Waals surface area contributed by atoms with E-state index >= 15 is 0 Å². The molecule has 102 valence electrons. The fourth-order valence-electron chi connectivity index (χ4n) is 2.33. The molecule has 0 radical (unpaired) electrons. The lowest BCUT2D eigenvalue weighted by molar-refractivity contribution is 0.110. The van der Waals surface area contributed by atoms with Gasteiger partial charge in [0.2, 0.25) is 0 Å². The third kappa shape index (κ3) is 3.24. The van der Waals surface area contributed by atoms with Crippen molar-refractivity contribution in [2.75, 3.05) is 13.2 Å². The second kappa shape index (κ2) is 6.33. The average molecular weight is 276 g/mol. The van der Waals surface area contributed by atoms with Gasteiger partial charge in [-0.25, -0.2) is 0 Å². The summed E-state index contributed by atoms with van der Waals surface area (Å²) in [5, 5.41) is 21.6. The molecule has 3 heteroatoms. The summed E-state index contributed by atoms with van der Waals surface area (Å²) in [5.41, 5.74) is 1.63. The van der Waals surface area contributed by atoms with Crippen LogP contribution in [0.15, 0.2) is 41.8 Å². The first kappa shape index (κ1) is 14.3. The van der Waals surface area contributed by atoms with Crippen molar-refractivity contribution in [3.05, 3.63) is 57.8 Å². The van der Waals surface area contributed by atoms with Crippen LogP contribution in [0, 0.1) is 6.92 Å². The zero-order valence-corrected chi connectivity index (χ0v) is 12.0. The number of hydrogen-bond donors (Lipinski definition) is 2. The molecule has 2 N–H and O–H groups in total. The summed E-state index contributed by atoms with van der Waals surface area (Å²) >= 11 is 1.72. The Hall–Kier alpha value is -1.16. The van der Waals surface area contributed by atoms with E-state index in [1.165, 1.54) is 4.88 Å². The lowest BCUT2D eigenvalue weighted by atomic mass is 9.77. The van der Waals surface area contributed by atoms with Crippen LogP contribution >= 0.6 is 11.3 Å². The first-order chi connectivity index (χ1) is 9.20. The van der Waals surface area contributed by atoms with Gasteiger partial charge in [0.1, 0.15) is 0 Å². The number of thiophene rings is 1. The van der Waals surface area contributed by atoms with E-state index in [9.17, 15) is 10.2 Å². The van der Waals surface area contributed by atoms with E-state index in [4.69, 9.17) is 0 Å². The van der Waals surface area contributed by atoms with Gasteiger partial charge in [-0.3, -0.25) is 0 Å². The molecule has 0 unspecified atom stereocenters. The summed E-state index contributed by atoms with van der Waals surface area (Å²) in [4.78, 5) is 1.29. The minimum Gasteiger partial charge on any atom is -0.395 e. The summed E-state index contributed by atoms with van der Waals surface area (Å²) in [6.07, 6.45) is 1.64. The first-order valence-electron chi connectivity index (χ1n) is 6.51. The van der Waals surface area contributed by atoms with E-state index in [1.54, 1.807) is 11.3 Å². The summed E-state index contributed by atoms with van der Waals surface area (Å²) < 4.78 is 0. The molecule has 2 rings (SSSR count). The maximum atomic E-state index is 9.79. The minimum atomic E-state index is -0.546. The van der Waals surface area contributed by atoms with E-state index in [0.717, 1.165) is 24.0 Å². The molecule has 0 atom stereocenters. The van der Waals surface area contributed by atoms with E-state index in [-0.39, 0.29) is 13.2 Å². The lowest BCUT2D eigenvalue weighted by Crippen LogP contribution is -2.35. The molecule has 0 bridgehead atoms. The van der Waals surface area contributed by atoms with Crippen molar-refractivity contribution in [2.24, 2.45) is 0 Å². The van der Waals surface area contributed by atoms with Crippen LogP contribution in [0.4, 0.5) is 0 Å². The van der Waals surface area contributed by atoms with Crippen molar-refractivity contribution in [1.82, 2.24) is 0 Å². The zero-order chi connectivity index (χ0) is 13.7. The predicted molar refractivity (Wildman–Crippen MR) is 79.7 cm³/mol. The molecule has 0 fully saturated rings. The third-order valence-electron chi connectivity index (χ3n) is 3.67. The first-order valence-corrected chi connectivity index (χ1v) is 7.39. The Labute approximate surface area is 118 Å². The molecule has 2 aromatic rings. The Balaban J connectivity index is 2.21. The molecule has 0 saturated carbocycles. The topological polar surface area (TPSA) is 40.5 Å². The second-order valence-corrected chi connectivity index (χ2v) is 6.08. The molecule has 0 aliphatic heterocycles. The van der Waals surface area contributed by atoms with Gasteiger partial charge in [-0.05, 0) is 36.8 Å². The molecule has 19 heavy (non-hydrogen) atoms. The van der Waals surface area contributed by atoms with E-state index < -0.39 is 5.41 Å². The van der Waals surface area contributed by atoms with Gasteiger partial charge in [-0.15, -0.1) is 11.3 Å². The highest BCUT2D eigenvalue weighted by atomic mass is 32.1.